The minimum absolute atomic E-state index is 0. The minimum Gasteiger partial charge on any atom is -0.330 e. The SMILES string of the molecule is CC(=O)Nc1nc(C)c(-c2csc(Nc3ccccc3Cl)n2)s1.Cl. The summed E-state index contributed by atoms with van der Waals surface area (Å²) in [6.45, 7) is 3.36. The molecule has 0 unspecified atom stereocenters. The molecule has 3 rings (SSSR count). The van der Waals surface area contributed by atoms with E-state index in [1.807, 2.05) is 36.6 Å². The molecule has 24 heavy (non-hydrogen) atoms. The van der Waals surface area contributed by atoms with Crippen molar-refractivity contribution in [3.05, 3.63) is 40.4 Å². The van der Waals surface area contributed by atoms with Crippen LogP contribution in [0.25, 0.3) is 10.6 Å². The summed E-state index contributed by atoms with van der Waals surface area (Å²) in [6, 6.07) is 7.52. The van der Waals surface area contributed by atoms with Crippen molar-refractivity contribution < 1.29 is 4.79 Å². The molecular weight excluding hydrogens is 387 g/mol. The molecule has 0 radical (unpaired) electrons. The van der Waals surface area contributed by atoms with E-state index in [1.54, 1.807) is 0 Å². The Kier molecular flexibility index (Phi) is 6.17. The molecule has 0 atom stereocenters. The molecule has 0 fully saturated rings. The highest BCUT2D eigenvalue weighted by Gasteiger charge is 2.14. The zero-order valence-electron chi connectivity index (χ0n) is 12.8. The standard InChI is InChI=1S/C15H13ClN4OS2.ClH/c1-8-13(23-15(17-8)18-9(2)21)12-7-22-14(20-12)19-11-6-4-3-5-10(11)16;/h3-7H,1-2H3,(H,19,20)(H,17,18,21);1H. The minimum atomic E-state index is -0.135. The first kappa shape index (κ1) is 18.7. The third kappa shape index (κ3) is 4.24. The Bertz CT molecular complexity index is 863. The van der Waals surface area contributed by atoms with Crippen LogP contribution in [-0.4, -0.2) is 15.9 Å². The number of thiazole rings is 2. The number of nitrogens with one attached hydrogen (secondary N) is 2. The molecule has 0 aliphatic rings. The lowest BCUT2D eigenvalue weighted by molar-refractivity contribution is -0.114. The predicted molar refractivity (Wildman–Crippen MR) is 104 cm³/mol. The van der Waals surface area contributed by atoms with Crippen molar-refractivity contribution in [2.75, 3.05) is 10.6 Å². The van der Waals surface area contributed by atoms with E-state index in [0.717, 1.165) is 27.1 Å². The molecule has 2 heterocycles. The Hall–Kier alpha value is -1.67. The lowest BCUT2D eigenvalue weighted by Crippen LogP contribution is -2.04. The van der Waals surface area contributed by atoms with E-state index in [4.69, 9.17) is 11.6 Å². The van der Waals surface area contributed by atoms with Crippen LogP contribution in [0.1, 0.15) is 12.6 Å². The summed E-state index contributed by atoms with van der Waals surface area (Å²) in [5.41, 5.74) is 2.49. The molecule has 9 heteroatoms. The van der Waals surface area contributed by atoms with Gasteiger partial charge in [0.1, 0.15) is 0 Å². The van der Waals surface area contributed by atoms with Crippen molar-refractivity contribution in [3.63, 3.8) is 0 Å². The number of carbonyl (C=O) groups excluding carboxylic acids is 1. The van der Waals surface area contributed by atoms with E-state index in [9.17, 15) is 4.79 Å². The Balaban J connectivity index is 0.00000208. The van der Waals surface area contributed by atoms with Gasteiger partial charge in [0.25, 0.3) is 0 Å². The second-order valence-electron chi connectivity index (χ2n) is 4.76. The Morgan fingerprint density at radius 3 is 2.67 bits per heavy atom. The first-order valence-electron chi connectivity index (χ1n) is 6.75. The van der Waals surface area contributed by atoms with E-state index in [0.29, 0.717) is 10.2 Å². The van der Waals surface area contributed by atoms with E-state index in [2.05, 4.69) is 20.6 Å². The fourth-order valence-electron chi connectivity index (χ4n) is 1.95. The van der Waals surface area contributed by atoms with Gasteiger partial charge in [0.05, 0.1) is 27.0 Å². The summed E-state index contributed by atoms with van der Waals surface area (Å²) >= 11 is 9.04. The second kappa shape index (κ2) is 7.94. The molecule has 5 nitrogen and oxygen atoms in total. The van der Waals surface area contributed by atoms with Crippen molar-refractivity contribution in [1.29, 1.82) is 0 Å². The number of aryl methyl sites for hydroxylation is 1. The molecule has 126 valence electrons. The Morgan fingerprint density at radius 1 is 1.21 bits per heavy atom. The number of benzene rings is 1. The van der Waals surface area contributed by atoms with Gasteiger partial charge in [-0.3, -0.25) is 4.79 Å². The third-order valence-electron chi connectivity index (χ3n) is 2.93. The number of halogens is 2. The molecule has 1 aromatic carbocycles. The van der Waals surface area contributed by atoms with Crippen LogP contribution in [0.2, 0.25) is 5.02 Å². The maximum atomic E-state index is 11.1. The molecular formula is C15H14Cl2N4OS2. The summed E-state index contributed by atoms with van der Waals surface area (Å²) in [7, 11) is 0. The van der Waals surface area contributed by atoms with Crippen molar-refractivity contribution in [2.24, 2.45) is 0 Å². The molecule has 2 aromatic heterocycles. The van der Waals surface area contributed by atoms with Gasteiger partial charge in [0.2, 0.25) is 5.91 Å². The lowest BCUT2D eigenvalue weighted by Gasteiger charge is -2.03. The van der Waals surface area contributed by atoms with Gasteiger partial charge in [-0.15, -0.1) is 23.7 Å². The predicted octanol–water partition coefficient (Wildman–Crippen LogP) is 5.35. The lowest BCUT2D eigenvalue weighted by atomic mass is 10.3. The monoisotopic (exact) mass is 400 g/mol. The van der Waals surface area contributed by atoms with Crippen molar-refractivity contribution in [1.82, 2.24) is 9.97 Å². The van der Waals surface area contributed by atoms with Gasteiger partial charge in [-0.1, -0.05) is 35.1 Å². The van der Waals surface area contributed by atoms with Crippen LogP contribution in [0.4, 0.5) is 16.0 Å². The van der Waals surface area contributed by atoms with Crippen LogP contribution in [0.5, 0.6) is 0 Å². The van der Waals surface area contributed by atoms with E-state index in [-0.39, 0.29) is 18.3 Å². The number of aromatic nitrogens is 2. The first-order valence-corrected chi connectivity index (χ1v) is 8.83. The van der Waals surface area contributed by atoms with Crippen LogP contribution < -0.4 is 10.6 Å². The van der Waals surface area contributed by atoms with Gasteiger partial charge in [0, 0.05) is 12.3 Å². The van der Waals surface area contributed by atoms with Gasteiger partial charge < -0.3 is 10.6 Å². The number of carbonyl (C=O) groups is 1. The number of hydrogen-bond acceptors (Lipinski definition) is 6. The molecule has 0 saturated heterocycles. The molecule has 0 bridgehead atoms. The van der Waals surface area contributed by atoms with E-state index >= 15 is 0 Å². The van der Waals surface area contributed by atoms with Crippen LogP contribution in [-0.2, 0) is 4.79 Å². The highest BCUT2D eigenvalue weighted by atomic mass is 35.5. The van der Waals surface area contributed by atoms with E-state index in [1.165, 1.54) is 29.6 Å². The van der Waals surface area contributed by atoms with E-state index < -0.39 is 0 Å². The first-order chi connectivity index (χ1) is 11.0. The highest BCUT2D eigenvalue weighted by Crippen LogP contribution is 2.35. The third-order valence-corrected chi connectivity index (χ3v) is 5.11. The maximum Gasteiger partial charge on any atom is 0.223 e. The molecule has 2 N–H and O–H groups in total. The number of amides is 1. The van der Waals surface area contributed by atoms with Gasteiger partial charge >= 0.3 is 0 Å². The van der Waals surface area contributed by atoms with Gasteiger partial charge in [-0.05, 0) is 19.1 Å². The van der Waals surface area contributed by atoms with Crippen LogP contribution in [0, 0.1) is 6.92 Å². The highest BCUT2D eigenvalue weighted by molar-refractivity contribution is 7.20. The van der Waals surface area contributed by atoms with Crippen molar-refractivity contribution in [2.45, 2.75) is 13.8 Å². The number of anilines is 3. The summed E-state index contributed by atoms with van der Waals surface area (Å²) in [6.07, 6.45) is 0. The van der Waals surface area contributed by atoms with Crippen LogP contribution >= 0.6 is 46.7 Å². The fourth-order valence-corrected chi connectivity index (χ4v) is 3.90. The van der Waals surface area contributed by atoms with Crippen molar-refractivity contribution >= 4 is 68.5 Å². The number of nitrogens with zero attached hydrogens (tertiary/aromatic N) is 2. The van der Waals surface area contributed by atoms with Crippen LogP contribution in [0.15, 0.2) is 29.6 Å². The fraction of sp³-hybridized carbons (Fsp3) is 0.133. The molecule has 1 amide bonds. The molecule has 3 aromatic rings. The number of hydrogen-bond donors (Lipinski definition) is 2. The average Bonchev–Trinajstić information content (AvgIpc) is 3.07. The number of para-hydroxylation sites is 1. The summed E-state index contributed by atoms with van der Waals surface area (Å²) in [5, 5.41) is 9.85. The van der Waals surface area contributed by atoms with Crippen LogP contribution in [0.3, 0.4) is 0 Å². The van der Waals surface area contributed by atoms with Crippen molar-refractivity contribution in [3.8, 4) is 10.6 Å². The smallest absolute Gasteiger partial charge is 0.223 e. The largest absolute Gasteiger partial charge is 0.330 e. The maximum absolute atomic E-state index is 11.1. The molecule has 0 aliphatic carbocycles. The molecule has 0 saturated carbocycles. The number of rotatable bonds is 4. The normalized spacial score (nSPS) is 10.1. The van der Waals surface area contributed by atoms with Gasteiger partial charge in [0.15, 0.2) is 10.3 Å². The molecule has 0 spiro atoms. The quantitative estimate of drug-likeness (QED) is 0.618. The second-order valence-corrected chi connectivity index (χ2v) is 7.02. The zero-order valence-corrected chi connectivity index (χ0v) is 16.0. The average molecular weight is 401 g/mol. The molecule has 0 aliphatic heterocycles. The summed E-state index contributed by atoms with van der Waals surface area (Å²) in [4.78, 5) is 21.0. The summed E-state index contributed by atoms with van der Waals surface area (Å²) in [5.74, 6) is -0.135. The Morgan fingerprint density at radius 2 is 1.96 bits per heavy atom. The topological polar surface area (TPSA) is 66.9 Å². The zero-order chi connectivity index (χ0) is 16.4. The summed E-state index contributed by atoms with van der Waals surface area (Å²) < 4.78 is 0. The van der Waals surface area contributed by atoms with Gasteiger partial charge in [-0.25, -0.2) is 9.97 Å². The Labute approximate surface area is 158 Å². The van der Waals surface area contributed by atoms with Gasteiger partial charge in [-0.2, -0.15) is 0 Å².